The zero-order chi connectivity index (χ0) is 25.0. The number of ether oxygens (including phenoxy) is 3. The maximum Gasteiger partial charge on any atom is 0.383 e. The largest absolute Gasteiger partial charge is 0.493 e. The molecule has 0 aliphatic rings. The standard InChI is InChI=1S/C28H32O7/c1-3-4-5-6-7-8-9-13-18-32-22-16-17-23-24(19-22)34-28(31)26(25(23)33-20(2)29)35-27(30)21-14-11-10-12-15-21/h10-12,14-17,19H,3-9,13,18H2,1-2H3. The van der Waals surface area contributed by atoms with Crippen molar-refractivity contribution < 1.29 is 28.2 Å². The maximum absolute atomic E-state index is 12.7. The van der Waals surface area contributed by atoms with Crippen LogP contribution in [0.15, 0.2) is 57.7 Å². The van der Waals surface area contributed by atoms with Crippen LogP contribution in [0.1, 0.15) is 75.6 Å². The first-order valence-corrected chi connectivity index (χ1v) is 12.2. The first-order valence-electron chi connectivity index (χ1n) is 12.2. The molecule has 1 aromatic heterocycles. The van der Waals surface area contributed by atoms with Gasteiger partial charge in [0.25, 0.3) is 5.75 Å². The van der Waals surface area contributed by atoms with E-state index in [1.807, 2.05) is 0 Å². The van der Waals surface area contributed by atoms with Crippen LogP contribution in [0, 0.1) is 0 Å². The van der Waals surface area contributed by atoms with Crippen molar-refractivity contribution >= 4 is 22.9 Å². The Labute approximate surface area is 205 Å². The molecule has 0 aliphatic heterocycles. The predicted octanol–water partition coefficient (Wildman–Crippen LogP) is 6.46. The minimum Gasteiger partial charge on any atom is -0.493 e. The van der Waals surface area contributed by atoms with Crippen molar-refractivity contribution in [1.29, 1.82) is 0 Å². The van der Waals surface area contributed by atoms with Crippen molar-refractivity contribution in [2.75, 3.05) is 6.61 Å². The van der Waals surface area contributed by atoms with Gasteiger partial charge in [0.2, 0.25) is 0 Å². The summed E-state index contributed by atoms with van der Waals surface area (Å²) in [5.41, 5.74) is -0.525. The lowest BCUT2D eigenvalue weighted by Crippen LogP contribution is -2.17. The molecule has 0 N–H and O–H groups in total. The Morgan fingerprint density at radius 1 is 0.829 bits per heavy atom. The molecule has 3 rings (SSSR count). The van der Waals surface area contributed by atoms with Crippen LogP contribution in [-0.4, -0.2) is 18.5 Å². The average molecular weight is 481 g/mol. The normalized spacial score (nSPS) is 10.8. The molecule has 0 atom stereocenters. The van der Waals surface area contributed by atoms with Gasteiger partial charge in [0.1, 0.15) is 11.3 Å². The maximum atomic E-state index is 12.7. The minimum absolute atomic E-state index is 0.164. The molecule has 0 saturated heterocycles. The fourth-order valence-corrected chi connectivity index (χ4v) is 3.71. The Kier molecular flexibility index (Phi) is 9.90. The molecule has 0 fully saturated rings. The summed E-state index contributed by atoms with van der Waals surface area (Å²) in [6.07, 6.45) is 9.61. The number of rotatable bonds is 13. The summed E-state index contributed by atoms with van der Waals surface area (Å²) in [6, 6.07) is 13.1. The molecule has 7 nitrogen and oxygen atoms in total. The molecule has 0 unspecified atom stereocenters. The van der Waals surface area contributed by atoms with Gasteiger partial charge in [-0.15, -0.1) is 0 Å². The average Bonchev–Trinajstić information content (AvgIpc) is 2.85. The second-order valence-corrected chi connectivity index (χ2v) is 8.38. The number of carbonyl (C=O) groups excluding carboxylic acids is 2. The van der Waals surface area contributed by atoms with Gasteiger partial charge in [-0.05, 0) is 30.7 Å². The highest BCUT2D eigenvalue weighted by Crippen LogP contribution is 2.35. The summed E-state index contributed by atoms with van der Waals surface area (Å²) in [5, 5.41) is 0.315. The molecule has 7 heteroatoms. The molecule has 0 radical (unpaired) electrons. The summed E-state index contributed by atoms with van der Waals surface area (Å²) in [5.74, 6) is -1.54. The molecule has 3 aromatic rings. The topological polar surface area (TPSA) is 92.0 Å². The van der Waals surface area contributed by atoms with Crippen LogP contribution in [0.25, 0.3) is 11.0 Å². The van der Waals surface area contributed by atoms with Gasteiger partial charge < -0.3 is 18.6 Å². The summed E-state index contributed by atoms with van der Waals surface area (Å²) in [4.78, 5) is 36.9. The number of esters is 2. The van der Waals surface area contributed by atoms with E-state index in [1.165, 1.54) is 45.4 Å². The summed E-state index contributed by atoms with van der Waals surface area (Å²) in [6.45, 7) is 3.96. The second kappa shape index (κ2) is 13.3. The number of carbonyl (C=O) groups is 2. The Bertz CT molecular complexity index is 1180. The summed E-state index contributed by atoms with van der Waals surface area (Å²) >= 11 is 0. The number of benzene rings is 2. The zero-order valence-corrected chi connectivity index (χ0v) is 20.3. The van der Waals surface area contributed by atoms with E-state index in [0.29, 0.717) is 17.7 Å². The van der Waals surface area contributed by atoms with E-state index in [9.17, 15) is 14.4 Å². The van der Waals surface area contributed by atoms with E-state index in [1.54, 1.807) is 48.5 Å². The lowest BCUT2D eigenvalue weighted by Gasteiger charge is -2.12. The van der Waals surface area contributed by atoms with Crippen molar-refractivity contribution in [3.8, 4) is 17.2 Å². The highest BCUT2D eigenvalue weighted by Gasteiger charge is 2.23. The quantitative estimate of drug-likeness (QED) is 0.157. The molecule has 0 spiro atoms. The van der Waals surface area contributed by atoms with Gasteiger partial charge in [-0.3, -0.25) is 4.79 Å². The summed E-state index contributed by atoms with van der Waals surface area (Å²) in [7, 11) is 0. The smallest absolute Gasteiger partial charge is 0.383 e. The van der Waals surface area contributed by atoms with Crippen LogP contribution in [-0.2, 0) is 4.79 Å². The second-order valence-electron chi connectivity index (χ2n) is 8.38. The highest BCUT2D eigenvalue weighted by atomic mass is 16.6. The zero-order valence-electron chi connectivity index (χ0n) is 20.3. The Morgan fingerprint density at radius 3 is 2.20 bits per heavy atom. The molecule has 2 aromatic carbocycles. The van der Waals surface area contributed by atoms with Crippen molar-refractivity contribution in [3.05, 3.63) is 64.5 Å². The first-order chi connectivity index (χ1) is 17.0. The van der Waals surface area contributed by atoms with E-state index in [-0.39, 0.29) is 16.9 Å². The molecule has 0 amide bonds. The molecule has 0 aliphatic carbocycles. The van der Waals surface area contributed by atoms with Crippen molar-refractivity contribution in [2.24, 2.45) is 0 Å². The SMILES string of the molecule is CCCCCCCCCCOc1ccc2c(OC(C)=O)c(OC(=O)c3ccccc3)c(=O)oc2c1. The molecule has 1 heterocycles. The van der Waals surface area contributed by atoms with Crippen molar-refractivity contribution in [2.45, 2.75) is 65.2 Å². The summed E-state index contributed by atoms with van der Waals surface area (Å²) < 4.78 is 21.7. The van der Waals surface area contributed by atoms with Crippen molar-refractivity contribution in [3.63, 3.8) is 0 Å². The third-order valence-electron chi connectivity index (χ3n) is 5.51. The molecule has 186 valence electrons. The lowest BCUT2D eigenvalue weighted by atomic mass is 10.1. The van der Waals surface area contributed by atoms with Crippen LogP contribution in [0.5, 0.6) is 17.2 Å². The number of hydrogen-bond acceptors (Lipinski definition) is 7. The van der Waals surface area contributed by atoms with Crippen LogP contribution in [0.2, 0.25) is 0 Å². The predicted molar refractivity (Wildman–Crippen MR) is 133 cm³/mol. The number of hydrogen-bond donors (Lipinski definition) is 0. The van der Waals surface area contributed by atoms with E-state index in [2.05, 4.69) is 6.92 Å². The number of unbranched alkanes of at least 4 members (excludes halogenated alkanes) is 7. The molecular weight excluding hydrogens is 448 g/mol. The monoisotopic (exact) mass is 480 g/mol. The van der Waals surface area contributed by atoms with E-state index < -0.39 is 23.3 Å². The van der Waals surface area contributed by atoms with Crippen LogP contribution in [0.4, 0.5) is 0 Å². The molecular formula is C28H32O7. The van der Waals surface area contributed by atoms with Gasteiger partial charge in [-0.2, -0.15) is 0 Å². The fraction of sp³-hybridized carbons (Fsp3) is 0.393. The Balaban J connectivity index is 1.70. The van der Waals surface area contributed by atoms with E-state index >= 15 is 0 Å². The highest BCUT2D eigenvalue weighted by molar-refractivity contribution is 5.94. The third kappa shape index (κ3) is 7.70. The Hall–Kier alpha value is -3.61. The molecule has 0 bridgehead atoms. The van der Waals surface area contributed by atoms with Crippen molar-refractivity contribution in [1.82, 2.24) is 0 Å². The van der Waals surface area contributed by atoms with E-state index in [0.717, 1.165) is 12.8 Å². The molecule has 35 heavy (non-hydrogen) atoms. The molecule has 0 saturated carbocycles. The Morgan fingerprint density at radius 2 is 1.51 bits per heavy atom. The van der Waals surface area contributed by atoms with Gasteiger partial charge in [0.05, 0.1) is 17.6 Å². The first kappa shape index (κ1) is 26.0. The van der Waals surface area contributed by atoms with Crippen LogP contribution in [0.3, 0.4) is 0 Å². The van der Waals surface area contributed by atoms with Gasteiger partial charge in [-0.1, -0.05) is 70.1 Å². The van der Waals surface area contributed by atoms with Gasteiger partial charge in [0.15, 0.2) is 5.75 Å². The van der Waals surface area contributed by atoms with Crippen LogP contribution < -0.4 is 19.8 Å². The minimum atomic E-state index is -0.932. The van der Waals surface area contributed by atoms with Gasteiger partial charge in [-0.25, -0.2) is 9.59 Å². The van der Waals surface area contributed by atoms with Gasteiger partial charge in [0, 0.05) is 13.0 Å². The van der Waals surface area contributed by atoms with E-state index in [4.69, 9.17) is 18.6 Å². The third-order valence-corrected chi connectivity index (χ3v) is 5.51. The lowest BCUT2D eigenvalue weighted by molar-refractivity contribution is -0.131. The fourth-order valence-electron chi connectivity index (χ4n) is 3.71. The van der Waals surface area contributed by atoms with Gasteiger partial charge >= 0.3 is 17.6 Å². The van der Waals surface area contributed by atoms with Crippen LogP contribution >= 0.6 is 0 Å². The number of fused-ring (bicyclic) bond motifs is 1.